The van der Waals surface area contributed by atoms with Gasteiger partial charge in [-0.05, 0) is 67.1 Å². The lowest BCUT2D eigenvalue weighted by molar-refractivity contribution is -0.124. The molecule has 0 heterocycles. The number of nitrogens with one attached hydrogen (secondary N) is 1. The Balaban J connectivity index is 1.45. The molecule has 0 aromatic heterocycles. The first-order valence-corrected chi connectivity index (χ1v) is 9.35. The van der Waals surface area contributed by atoms with Gasteiger partial charge >= 0.3 is 0 Å². The van der Waals surface area contributed by atoms with E-state index < -0.39 is 0 Å². The molecular weight excluding hydrogens is 298 g/mol. The maximum absolute atomic E-state index is 12.2. The lowest BCUT2D eigenvalue weighted by Gasteiger charge is -2.28. The van der Waals surface area contributed by atoms with Crippen molar-refractivity contribution in [2.45, 2.75) is 64.8 Å². The number of carbonyl (C=O) groups excluding carboxylic acids is 1. The molecule has 1 amide bonds. The highest BCUT2D eigenvalue weighted by Gasteiger charge is 2.42. The molecule has 3 rings (SSSR count). The maximum Gasteiger partial charge on any atom is 0.258 e. The van der Waals surface area contributed by atoms with Crippen molar-refractivity contribution in [2.75, 3.05) is 6.61 Å². The van der Waals surface area contributed by atoms with Crippen molar-refractivity contribution >= 4 is 5.91 Å². The number of carbonyl (C=O) groups is 1. The molecule has 132 valence electrons. The first kappa shape index (κ1) is 17.3. The van der Waals surface area contributed by atoms with Gasteiger partial charge in [0.2, 0.25) is 0 Å². The number of hydrogen-bond acceptors (Lipinski definition) is 2. The van der Waals surface area contributed by atoms with Crippen LogP contribution < -0.4 is 10.1 Å². The largest absolute Gasteiger partial charge is 0.484 e. The molecule has 0 unspecified atom stereocenters. The van der Waals surface area contributed by atoms with Crippen LogP contribution in [0.3, 0.4) is 0 Å². The summed E-state index contributed by atoms with van der Waals surface area (Å²) in [4.78, 5) is 12.2. The third-order valence-corrected chi connectivity index (χ3v) is 5.91. The summed E-state index contributed by atoms with van der Waals surface area (Å²) in [7, 11) is 0. The minimum Gasteiger partial charge on any atom is -0.484 e. The molecule has 3 nitrogen and oxygen atoms in total. The Bertz CT molecular complexity index is 572. The van der Waals surface area contributed by atoms with Crippen molar-refractivity contribution in [1.29, 1.82) is 0 Å². The summed E-state index contributed by atoms with van der Waals surface area (Å²) in [6.07, 6.45) is 5.42. The van der Waals surface area contributed by atoms with Crippen LogP contribution in [0.2, 0.25) is 0 Å². The number of rotatable bonds is 5. The second-order valence-electron chi connectivity index (χ2n) is 8.76. The zero-order valence-corrected chi connectivity index (χ0v) is 15.5. The molecule has 2 aliphatic carbocycles. The standard InChI is InChI=1S/C21H31NO2/c1-14(19-12-15-5-6-16(19)11-15)22-20(23)13-24-18-9-7-17(8-10-18)21(2,3)4/h7-10,14-16,19H,5-6,11-13H2,1-4H3,(H,22,23)/t14-,15+,16+,19+/m0/s1. The smallest absolute Gasteiger partial charge is 0.258 e. The average Bonchev–Trinajstić information content (AvgIpc) is 3.15. The van der Waals surface area contributed by atoms with Gasteiger partial charge in [0.15, 0.2) is 6.61 Å². The average molecular weight is 329 g/mol. The molecule has 0 aliphatic heterocycles. The lowest BCUT2D eigenvalue weighted by Crippen LogP contribution is -2.42. The molecule has 2 bridgehead atoms. The summed E-state index contributed by atoms with van der Waals surface area (Å²) in [5.41, 5.74) is 1.40. The van der Waals surface area contributed by atoms with E-state index in [1.807, 2.05) is 12.1 Å². The summed E-state index contributed by atoms with van der Waals surface area (Å²) in [6.45, 7) is 8.82. The number of hydrogen-bond donors (Lipinski definition) is 1. The number of amides is 1. The van der Waals surface area contributed by atoms with Crippen molar-refractivity contribution in [3.8, 4) is 5.75 Å². The molecule has 1 N–H and O–H groups in total. The van der Waals surface area contributed by atoms with Crippen molar-refractivity contribution in [3.63, 3.8) is 0 Å². The Morgan fingerprint density at radius 3 is 2.46 bits per heavy atom. The fourth-order valence-electron chi connectivity index (χ4n) is 4.51. The maximum atomic E-state index is 12.2. The summed E-state index contributed by atoms with van der Waals surface area (Å²) in [6, 6.07) is 8.32. The van der Waals surface area contributed by atoms with Crippen LogP contribution >= 0.6 is 0 Å². The van der Waals surface area contributed by atoms with E-state index in [4.69, 9.17) is 4.74 Å². The van der Waals surface area contributed by atoms with E-state index in [9.17, 15) is 4.79 Å². The molecule has 1 aromatic rings. The topological polar surface area (TPSA) is 38.3 Å². The van der Waals surface area contributed by atoms with E-state index in [0.717, 1.165) is 17.6 Å². The van der Waals surface area contributed by atoms with Gasteiger partial charge in [-0.1, -0.05) is 39.3 Å². The van der Waals surface area contributed by atoms with Crippen LogP contribution in [0.1, 0.15) is 58.9 Å². The van der Waals surface area contributed by atoms with Gasteiger partial charge < -0.3 is 10.1 Å². The summed E-state index contributed by atoms with van der Waals surface area (Å²) < 4.78 is 5.65. The molecule has 3 heteroatoms. The van der Waals surface area contributed by atoms with Crippen molar-refractivity contribution in [2.24, 2.45) is 17.8 Å². The van der Waals surface area contributed by atoms with Gasteiger partial charge in [-0.2, -0.15) is 0 Å². The highest BCUT2D eigenvalue weighted by atomic mass is 16.5. The van der Waals surface area contributed by atoms with Crippen molar-refractivity contribution < 1.29 is 9.53 Å². The first-order valence-electron chi connectivity index (χ1n) is 9.35. The zero-order valence-electron chi connectivity index (χ0n) is 15.5. The molecular formula is C21H31NO2. The van der Waals surface area contributed by atoms with Crippen LogP contribution in [0.4, 0.5) is 0 Å². The van der Waals surface area contributed by atoms with E-state index in [1.54, 1.807) is 0 Å². The van der Waals surface area contributed by atoms with Gasteiger partial charge in [0.25, 0.3) is 5.91 Å². The van der Waals surface area contributed by atoms with Crippen LogP contribution in [-0.2, 0) is 10.2 Å². The van der Waals surface area contributed by atoms with Crippen LogP contribution in [0.25, 0.3) is 0 Å². The predicted molar refractivity (Wildman–Crippen MR) is 97.2 cm³/mol. The second-order valence-corrected chi connectivity index (χ2v) is 8.76. The summed E-state index contributed by atoms with van der Waals surface area (Å²) >= 11 is 0. The monoisotopic (exact) mass is 329 g/mol. The predicted octanol–water partition coefficient (Wildman–Crippen LogP) is 4.30. The van der Waals surface area contributed by atoms with Gasteiger partial charge in [0, 0.05) is 6.04 Å². The van der Waals surface area contributed by atoms with Gasteiger partial charge in [-0.15, -0.1) is 0 Å². The molecule has 2 aliphatic rings. The van der Waals surface area contributed by atoms with Crippen molar-refractivity contribution in [3.05, 3.63) is 29.8 Å². The second kappa shape index (κ2) is 6.78. The molecule has 4 atom stereocenters. The Morgan fingerprint density at radius 2 is 1.92 bits per heavy atom. The molecule has 24 heavy (non-hydrogen) atoms. The highest BCUT2D eigenvalue weighted by Crippen LogP contribution is 2.49. The van der Waals surface area contributed by atoms with E-state index in [2.05, 4.69) is 45.1 Å². The van der Waals surface area contributed by atoms with Crippen molar-refractivity contribution in [1.82, 2.24) is 5.32 Å². The Morgan fingerprint density at radius 1 is 1.21 bits per heavy atom. The Kier molecular flexibility index (Phi) is 4.89. The van der Waals surface area contributed by atoms with Crippen LogP contribution in [-0.4, -0.2) is 18.6 Å². The SMILES string of the molecule is C[C@H](NC(=O)COc1ccc(C(C)(C)C)cc1)[C@H]1C[C@@H]2CC[C@@H]1C2. The molecule has 2 fully saturated rings. The van der Waals surface area contributed by atoms with Gasteiger partial charge in [0.05, 0.1) is 0 Å². The minimum atomic E-state index is -0.00910. The van der Waals surface area contributed by atoms with Crippen LogP contribution in [0.15, 0.2) is 24.3 Å². The van der Waals surface area contributed by atoms with Crippen LogP contribution in [0, 0.1) is 17.8 Å². The lowest BCUT2D eigenvalue weighted by atomic mass is 9.84. The Labute approximate surface area is 146 Å². The minimum absolute atomic E-state index is 0.00910. The molecule has 0 radical (unpaired) electrons. The van der Waals surface area contributed by atoms with E-state index in [-0.39, 0.29) is 24.0 Å². The quantitative estimate of drug-likeness (QED) is 0.874. The van der Waals surface area contributed by atoms with Gasteiger partial charge in [-0.3, -0.25) is 4.79 Å². The third kappa shape index (κ3) is 3.93. The van der Waals surface area contributed by atoms with Gasteiger partial charge in [-0.25, -0.2) is 0 Å². The third-order valence-electron chi connectivity index (χ3n) is 5.91. The Hall–Kier alpha value is -1.51. The van der Waals surface area contributed by atoms with Crippen LogP contribution in [0.5, 0.6) is 5.75 Å². The fraction of sp³-hybridized carbons (Fsp3) is 0.667. The number of fused-ring (bicyclic) bond motifs is 2. The first-order chi connectivity index (χ1) is 11.3. The highest BCUT2D eigenvalue weighted by molar-refractivity contribution is 5.77. The van der Waals surface area contributed by atoms with E-state index in [0.29, 0.717) is 5.92 Å². The zero-order chi connectivity index (χ0) is 17.3. The normalized spacial score (nSPS) is 27.1. The van der Waals surface area contributed by atoms with E-state index >= 15 is 0 Å². The molecule has 0 saturated heterocycles. The molecule has 2 saturated carbocycles. The van der Waals surface area contributed by atoms with Gasteiger partial charge in [0.1, 0.15) is 5.75 Å². The molecule has 0 spiro atoms. The summed E-state index contributed by atoms with van der Waals surface area (Å²) in [5, 5.41) is 3.15. The summed E-state index contributed by atoms with van der Waals surface area (Å²) in [5.74, 6) is 3.16. The van der Waals surface area contributed by atoms with E-state index in [1.165, 1.54) is 31.2 Å². The molecule has 1 aromatic carbocycles. The fourth-order valence-corrected chi connectivity index (χ4v) is 4.51. The number of ether oxygens (including phenoxy) is 1. The number of benzene rings is 1.